The quantitative estimate of drug-likeness (QED) is 0.788. The van der Waals surface area contributed by atoms with Gasteiger partial charge in [0, 0.05) is 15.8 Å². The number of hydrogen-bond donors (Lipinski definition) is 1. The molecule has 2 aromatic rings. The lowest BCUT2D eigenvalue weighted by Gasteiger charge is -1.92. The van der Waals surface area contributed by atoms with Crippen LogP contribution in [0.4, 0.5) is 5.13 Å². The Kier molecular flexibility index (Phi) is 2.05. The fourth-order valence-corrected chi connectivity index (χ4v) is 2.70. The molecule has 0 aliphatic heterocycles. The van der Waals surface area contributed by atoms with Crippen LogP contribution in [0.2, 0.25) is 0 Å². The third-order valence-corrected chi connectivity index (χ3v) is 3.76. The standard InChI is InChI=1S/C8H9N3S2/c1-4-5(2)12-3-6(4)7-10-11-8(9)13-7/h3H,1-2H3,(H2,9,11). The first-order valence-corrected chi connectivity index (χ1v) is 5.52. The van der Waals surface area contributed by atoms with E-state index in [0.29, 0.717) is 5.13 Å². The van der Waals surface area contributed by atoms with Gasteiger partial charge in [0.1, 0.15) is 0 Å². The van der Waals surface area contributed by atoms with Crippen LogP contribution in [0.3, 0.4) is 0 Å². The van der Waals surface area contributed by atoms with Gasteiger partial charge in [0.25, 0.3) is 0 Å². The van der Waals surface area contributed by atoms with E-state index in [1.165, 1.54) is 21.8 Å². The van der Waals surface area contributed by atoms with Crippen LogP contribution in [-0.2, 0) is 0 Å². The van der Waals surface area contributed by atoms with E-state index < -0.39 is 0 Å². The predicted octanol–water partition coefficient (Wildman–Crippen LogP) is 2.47. The number of nitrogens with zero attached hydrogens (tertiary/aromatic N) is 2. The van der Waals surface area contributed by atoms with E-state index in [0.717, 1.165) is 10.6 Å². The Bertz CT molecular complexity index is 430. The topological polar surface area (TPSA) is 51.8 Å². The molecule has 13 heavy (non-hydrogen) atoms. The molecule has 0 saturated heterocycles. The zero-order valence-electron chi connectivity index (χ0n) is 7.37. The monoisotopic (exact) mass is 211 g/mol. The first-order chi connectivity index (χ1) is 6.18. The molecule has 3 nitrogen and oxygen atoms in total. The van der Waals surface area contributed by atoms with Crippen LogP contribution in [0.15, 0.2) is 5.38 Å². The molecule has 0 bridgehead atoms. The van der Waals surface area contributed by atoms with Crippen molar-refractivity contribution in [2.45, 2.75) is 13.8 Å². The molecule has 5 heteroatoms. The van der Waals surface area contributed by atoms with Gasteiger partial charge in [-0.15, -0.1) is 21.5 Å². The molecular formula is C8H9N3S2. The number of nitrogens with two attached hydrogens (primary N) is 1. The Balaban J connectivity index is 2.52. The van der Waals surface area contributed by atoms with Gasteiger partial charge >= 0.3 is 0 Å². The molecule has 0 radical (unpaired) electrons. The third-order valence-electron chi connectivity index (χ3n) is 1.96. The van der Waals surface area contributed by atoms with Crippen molar-refractivity contribution < 1.29 is 0 Å². The van der Waals surface area contributed by atoms with E-state index >= 15 is 0 Å². The zero-order chi connectivity index (χ0) is 9.42. The van der Waals surface area contributed by atoms with Crippen LogP contribution in [-0.4, -0.2) is 10.2 Å². The average Bonchev–Trinajstić information content (AvgIpc) is 2.62. The molecule has 2 rings (SSSR count). The van der Waals surface area contributed by atoms with Crippen LogP contribution < -0.4 is 5.73 Å². The molecule has 0 aliphatic carbocycles. The second kappa shape index (κ2) is 3.08. The molecule has 2 N–H and O–H groups in total. The van der Waals surface area contributed by atoms with Gasteiger partial charge in [-0.3, -0.25) is 0 Å². The maximum atomic E-state index is 5.52. The van der Waals surface area contributed by atoms with Crippen LogP contribution in [0, 0.1) is 13.8 Å². The maximum absolute atomic E-state index is 5.52. The van der Waals surface area contributed by atoms with Crippen molar-refractivity contribution in [2.24, 2.45) is 0 Å². The summed E-state index contributed by atoms with van der Waals surface area (Å²) in [6, 6.07) is 0. The Labute approximate surface area is 84.2 Å². The number of hydrogen-bond acceptors (Lipinski definition) is 5. The molecule has 2 aromatic heterocycles. The highest BCUT2D eigenvalue weighted by Gasteiger charge is 2.10. The summed E-state index contributed by atoms with van der Waals surface area (Å²) in [6.45, 7) is 4.20. The molecule has 0 aromatic carbocycles. The van der Waals surface area contributed by atoms with Crippen LogP contribution in [0.5, 0.6) is 0 Å². The first-order valence-electron chi connectivity index (χ1n) is 3.82. The van der Waals surface area contributed by atoms with E-state index in [2.05, 4.69) is 29.4 Å². The van der Waals surface area contributed by atoms with Gasteiger partial charge in [-0.1, -0.05) is 11.3 Å². The summed E-state index contributed by atoms with van der Waals surface area (Å²) in [6.07, 6.45) is 0. The number of anilines is 1. The van der Waals surface area contributed by atoms with E-state index in [-0.39, 0.29) is 0 Å². The van der Waals surface area contributed by atoms with Crippen molar-refractivity contribution >= 4 is 27.8 Å². The van der Waals surface area contributed by atoms with Crippen molar-refractivity contribution in [3.8, 4) is 10.6 Å². The SMILES string of the molecule is Cc1scc(-c2nnc(N)s2)c1C. The Morgan fingerprint density at radius 2 is 2.08 bits per heavy atom. The number of rotatable bonds is 1. The molecule has 0 unspecified atom stereocenters. The van der Waals surface area contributed by atoms with Gasteiger partial charge in [0.15, 0.2) is 5.01 Å². The summed E-state index contributed by atoms with van der Waals surface area (Å²) in [5.41, 5.74) is 7.96. The van der Waals surface area contributed by atoms with Crippen molar-refractivity contribution in [2.75, 3.05) is 5.73 Å². The van der Waals surface area contributed by atoms with Crippen molar-refractivity contribution in [3.05, 3.63) is 15.8 Å². The minimum Gasteiger partial charge on any atom is -0.374 e. The summed E-state index contributed by atoms with van der Waals surface area (Å²) in [5.74, 6) is 0. The zero-order valence-corrected chi connectivity index (χ0v) is 9.00. The molecule has 0 atom stereocenters. The molecule has 0 aliphatic rings. The number of aryl methyl sites for hydroxylation is 1. The maximum Gasteiger partial charge on any atom is 0.203 e. The molecule has 0 saturated carbocycles. The van der Waals surface area contributed by atoms with E-state index in [1.807, 2.05) is 0 Å². The summed E-state index contributed by atoms with van der Waals surface area (Å²) < 4.78 is 0. The Hall–Kier alpha value is -0.940. The molecule has 0 amide bonds. The van der Waals surface area contributed by atoms with E-state index in [1.54, 1.807) is 11.3 Å². The fourth-order valence-electron chi connectivity index (χ4n) is 1.07. The van der Waals surface area contributed by atoms with Gasteiger partial charge in [0.05, 0.1) is 0 Å². The Morgan fingerprint density at radius 3 is 2.54 bits per heavy atom. The van der Waals surface area contributed by atoms with Crippen LogP contribution in [0.1, 0.15) is 10.4 Å². The lowest BCUT2D eigenvalue weighted by atomic mass is 10.2. The highest BCUT2D eigenvalue weighted by Crippen LogP contribution is 2.32. The number of thiophene rings is 1. The molecule has 0 fully saturated rings. The Morgan fingerprint density at radius 1 is 1.31 bits per heavy atom. The second-order valence-electron chi connectivity index (χ2n) is 2.78. The van der Waals surface area contributed by atoms with Gasteiger partial charge in [-0.2, -0.15) is 0 Å². The van der Waals surface area contributed by atoms with Crippen molar-refractivity contribution in [1.82, 2.24) is 10.2 Å². The van der Waals surface area contributed by atoms with E-state index in [4.69, 9.17) is 5.73 Å². The van der Waals surface area contributed by atoms with Gasteiger partial charge in [-0.05, 0) is 19.4 Å². The number of nitrogen functional groups attached to an aromatic ring is 1. The first kappa shape index (κ1) is 8.65. The van der Waals surface area contributed by atoms with Crippen molar-refractivity contribution in [3.63, 3.8) is 0 Å². The summed E-state index contributed by atoms with van der Waals surface area (Å²) in [4.78, 5) is 1.32. The van der Waals surface area contributed by atoms with Gasteiger partial charge in [0.2, 0.25) is 5.13 Å². The second-order valence-corrected chi connectivity index (χ2v) is 4.87. The lowest BCUT2D eigenvalue weighted by molar-refractivity contribution is 1.10. The molecular weight excluding hydrogens is 202 g/mol. The third kappa shape index (κ3) is 1.45. The minimum absolute atomic E-state index is 0.526. The lowest BCUT2D eigenvalue weighted by Crippen LogP contribution is -1.80. The van der Waals surface area contributed by atoms with Crippen LogP contribution >= 0.6 is 22.7 Å². The smallest absolute Gasteiger partial charge is 0.203 e. The fraction of sp³-hybridized carbons (Fsp3) is 0.250. The van der Waals surface area contributed by atoms with Gasteiger partial charge < -0.3 is 5.73 Å². The van der Waals surface area contributed by atoms with Crippen molar-refractivity contribution in [1.29, 1.82) is 0 Å². The summed E-state index contributed by atoms with van der Waals surface area (Å²) in [7, 11) is 0. The molecule has 2 heterocycles. The minimum atomic E-state index is 0.526. The average molecular weight is 211 g/mol. The highest BCUT2D eigenvalue weighted by atomic mass is 32.1. The predicted molar refractivity (Wildman–Crippen MR) is 57.1 cm³/mol. The summed E-state index contributed by atoms with van der Waals surface area (Å²) in [5, 5.41) is 11.3. The normalized spacial score (nSPS) is 10.6. The largest absolute Gasteiger partial charge is 0.374 e. The highest BCUT2D eigenvalue weighted by molar-refractivity contribution is 7.18. The van der Waals surface area contributed by atoms with Gasteiger partial charge in [-0.25, -0.2) is 0 Å². The molecule has 68 valence electrons. The number of aromatic nitrogens is 2. The van der Waals surface area contributed by atoms with Crippen LogP contribution in [0.25, 0.3) is 10.6 Å². The van der Waals surface area contributed by atoms with E-state index in [9.17, 15) is 0 Å². The molecule has 0 spiro atoms. The summed E-state index contributed by atoms with van der Waals surface area (Å²) >= 11 is 3.16.